The molecule has 7 nitrogen and oxygen atoms in total. The molecule has 0 unspecified atom stereocenters. The molecule has 2 rings (SSSR count). The molecular formula is C14H8ClIN2O5. The molecule has 2 aromatic rings. The predicted molar refractivity (Wildman–Crippen MR) is 92.2 cm³/mol. The molecule has 0 aromatic heterocycles. The minimum Gasteiger partial charge on any atom is -0.478 e. The number of rotatable bonds is 4. The number of amides is 1. The first-order chi connectivity index (χ1) is 10.8. The molecule has 0 saturated carbocycles. The number of nitro groups is 1. The van der Waals surface area contributed by atoms with Crippen molar-refractivity contribution in [1.29, 1.82) is 0 Å². The number of nitro benzene ring substituents is 1. The highest BCUT2D eigenvalue weighted by atomic mass is 127. The summed E-state index contributed by atoms with van der Waals surface area (Å²) < 4.78 is 0.695. The van der Waals surface area contributed by atoms with Crippen LogP contribution in [0.1, 0.15) is 20.7 Å². The summed E-state index contributed by atoms with van der Waals surface area (Å²) in [5.74, 6) is -1.87. The molecule has 0 aliphatic heterocycles. The Morgan fingerprint density at radius 3 is 2.52 bits per heavy atom. The molecule has 0 bridgehead atoms. The van der Waals surface area contributed by atoms with Crippen LogP contribution in [0.4, 0.5) is 11.4 Å². The fourth-order valence-electron chi connectivity index (χ4n) is 1.79. The summed E-state index contributed by atoms with van der Waals surface area (Å²) in [5.41, 5.74) is -0.384. The molecular weight excluding hydrogens is 439 g/mol. The Kier molecular flexibility index (Phi) is 5.16. The maximum Gasteiger partial charge on any atom is 0.337 e. The summed E-state index contributed by atoms with van der Waals surface area (Å²) in [6, 6.07) is 8.08. The van der Waals surface area contributed by atoms with Crippen molar-refractivity contribution in [3.05, 3.63) is 66.2 Å². The Labute approximate surface area is 148 Å². The first-order valence-electron chi connectivity index (χ1n) is 6.07. The maximum absolute atomic E-state index is 12.2. The van der Waals surface area contributed by atoms with E-state index in [9.17, 15) is 19.7 Å². The fourth-order valence-corrected chi connectivity index (χ4v) is 2.47. The van der Waals surface area contributed by atoms with Crippen molar-refractivity contribution in [1.82, 2.24) is 0 Å². The van der Waals surface area contributed by atoms with E-state index in [4.69, 9.17) is 16.7 Å². The number of carboxylic acids is 1. The highest BCUT2D eigenvalue weighted by Gasteiger charge is 2.18. The number of carboxylic acid groups (broad SMARTS) is 1. The molecule has 2 N–H and O–H groups in total. The molecule has 1 amide bonds. The van der Waals surface area contributed by atoms with Gasteiger partial charge in [-0.15, -0.1) is 0 Å². The van der Waals surface area contributed by atoms with Crippen molar-refractivity contribution in [2.24, 2.45) is 0 Å². The third kappa shape index (κ3) is 3.96. The number of carbonyl (C=O) groups is 2. The number of nitrogens with zero attached hydrogens (tertiary/aromatic N) is 1. The van der Waals surface area contributed by atoms with Crippen LogP contribution in [-0.2, 0) is 0 Å². The van der Waals surface area contributed by atoms with E-state index >= 15 is 0 Å². The smallest absolute Gasteiger partial charge is 0.337 e. The SMILES string of the molecule is O=C(Nc1ccc(I)cc1C(=O)O)c1ccc(Cl)c([N+](=O)[O-])c1. The molecule has 0 heterocycles. The molecule has 0 fully saturated rings. The number of aromatic carboxylic acids is 1. The molecule has 0 aliphatic carbocycles. The summed E-state index contributed by atoms with van der Waals surface area (Å²) in [5, 5.41) is 22.4. The third-order valence-electron chi connectivity index (χ3n) is 2.87. The molecule has 0 spiro atoms. The van der Waals surface area contributed by atoms with Crippen molar-refractivity contribution < 1.29 is 19.6 Å². The molecule has 0 aliphatic rings. The van der Waals surface area contributed by atoms with Gasteiger partial charge < -0.3 is 10.4 Å². The summed E-state index contributed by atoms with van der Waals surface area (Å²) in [6.45, 7) is 0. The van der Waals surface area contributed by atoms with Crippen LogP contribution in [0.15, 0.2) is 36.4 Å². The lowest BCUT2D eigenvalue weighted by Crippen LogP contribution is -2.15. The van der Waals surface area contributed by atoms with Crippen LogP contribution in [0.2, 0.25) is 5.02 Å². The van der Waals surface area contributed by atoms with Crippen LogP contribution in [0.3, 0.4) is 0 Å². The Bertz CT molecular complexity index is 825. The van der Waals surface area contributed by atoms with Gasteiger partial charge in [0, 0.05) is 15.2 Å². The van der Waals surface area contributed by atoms with Gasteiger partial charge in [0.15, 0.2) is 0 Å². The van der Waals surface area contributed by atoms with E-state index in [0.717, 1.165) is 6.07 Å². The Balaban J connectivity index is 2.35. The number of halogens is 2. The highest BCUT2D eigenvalue weighted by molar-refractivity contribution is 14.1. The van der Waals surface area contributed by atoms with E-state index in [1.165, 1.54) is 24.3 Å². The van der Waals surface area contributed by atoms with Gasteiger partial charge in [-0.3, -0.25) is 14.9 Å². The Hall–Kier alpha value is -2.20. The first kappa shape index (κ1) is 17.2. The van der Waals surface area contributed by atoms with E-state index in [2.05, 4.69) is 5.32 Å². The average Bonchev–Trinajstić information content (AvgIpc) is 2.48. The van der Waals surface area contributed by atoms with E-state index < -0.39 is 22.5 Å². The van der Waals surface area contributed by atoms with Crippen molar-refractivity contribution in [3.63, 3.8) is 0 Å². The van der Waals surface area contributed by atoms with Gasteiger partial charge in [0.05, 0.1) is 16.2 Å². The Morgan fingerprint density at radius 2 is 1.91 bits per heavy atom. The van der Waals surface area contributed by atoms with Crippen LogP contribution in [0.5, 0.6) is 0 Å². The van der Waals surface area contributed by atoms with E-state index in [0.29, 0.717) is 3.57 Å². The first-order valence-corrected chi connectivity index (χ1v) is 7.53. The van der Waals surface area contributed by atoms with Crippen LogP contribution in [-0.4, -0.2) is 21.9 Å². The second-order valence-corrected chi connectivity index (χ2v) is 6.03. The molecule has 0 radical (unpaired) electrons. The lowest BCUT2D eigenvalue weighted by molar-refractivity contribution is -0.384. The Morgan fingerprint density at radius 1 is 1.22 bits per heavy atom. The van der Waals surface area contributed by atoms with E-state index in [1.807, 2.05) is 22.6 Å². The fraction of sp³-hybridized carbons (Fsp3) is 0. The second kappa shape index (κ2) is 6.92. The van der Waals surface area contributed by atoms with Gasteiger partial charge in [-0.1, -0.05) is 11.6 Å². The number of benzene rings is 2. The third-order valence-corrected chi connectivity index (χ3v) is 3.86. The van der Waals surface area contributed by atoms with Crippen LogP contribution in [0, 0.1) is 13.7 Å². The van der Waals surface area contributed by atoms with Crippen molar-refractivity contribution in [2.45, 2.75) is 0 Å². The molecule has 23 heavy (non-hydrogen) atoms. The van der Waals surface area contributed by atoms with Gasteiger partial charge in [0.25, 0.3) is 11.6 Å². The zero-order valence-corrected chi connectivity index (χ0v) is 14.2. The van der Waals surface area contributed by atoms with Gasteiger partial charge >= 0.3 is 5.97 Å². The molecule has 9 heteroatoms. The monoisotopic (exact) mass is 446 g/mol. The van der Waals surface area contributed by atoms with E-state index in [-0.39, 0.29) is 21.8 Å². The standard InChI is InChI=1S/C14H8ClIN2O5/c15-10-3-1-7(5-12(10)18(22)23)13(19)17-11-4-2-8(16)6-9(11)14(20)21/h1-6H,(H,17,19)(H,20,21). The van der Waals surface area contributed by atoms with Gasteiger partial charge in [0.1, 0.15) is 5.02 Å². The summed E-state index contributed by atoms with van der Waals surface area (Å²) in [7, 11) is 0. The highest BCUT2D eigenvalue weighted by Crippen LogP contribution is 2.26. The zero-order chi connectivity index (χ0) is 17.1. The van der Waals surface area contributed by atoms with Crippen LogP contribution < -0.4 is 5.32 Å². The van der Waals surface area contributed by atoms with Gasteiger partial charge in [-0.2, -0.15) is 0 Å². The summed E-state index contributed by atoms with van der Waals surface area (Å²) >= 11 is 7.64. The lowest BCUT2D eigenvalue weighted by Gasteiger charge is -2.09. The minimum atomic E-state index is -1.19. The van der Waals surface area contributed by atoms with E-state index in [1.54, 1.807) is 6.07 Å². The number of nitrogens with one attached hydrogen (secondary N) is 1. The number of hydrogen-bond acceptors (Lipinski definition) is 4. The normalized spacial score (nSPS) is 10.2. The lowest BCUT2D eigenvalue weighted by atomic mass is 10.1. The largest absolute Gasteiger partial charge is 0.478 e. The minimum absolute atomic E-state index is 0.00371. The zero-order valence-electron chi connectivity index (χ0n) is 11.2. The molecule has 2 aromatic carbocycles. The van der Waals surface area contributed by atoms with Crippen molar-refractivity contribution in [2.75, 3.05) is 5.32 Å². The van der Waals surface area contributed by atoms with Crippen LogP contribution in [0.25, 0.3) is 0 Å². The number of hydrogen-bond donors (Lipinski definition) is 2. The number of carbonyl (C=O) groups excluding carboxylic acids is 1. The predicted octanol–water partition coefficient (Wildman–Crippen LogP) is 3.80. The van der Waals surface area contributed by atoms with Crippen molar-refractivity contribution >= 4 is 57.4 Å². The second-order valence-electron chi connectivity index (χ2n) is 4.37. The van der Waals surface area contributed by atoms with Gasteiger partial charge in [0.2, 0.25) is 0 Å². The van der Waals surface area contributed by atoms with Gasteiger partial charge in [-0.25, -0.2) is 4.79 Å². The topological polar surface area (TPSA) is 110 Å². The van der Waals surface area contributed by atoms with Crippen LogP contribution >= 0.6 is 34.2 Å². The average molecular weight is 447 g/mol. The summed E-state index contributed by atoms with van der Waals surface area (Å²) in [6.07, 6.45) is 0. The molecule has 118 valence electrons. The maximum atomic E-state index is 12.2. The quantitative estimate of drug-likeness (QED) is 0.422. The van der Waals surface area contributed by atoms with Crippen molar-refractivity contribution in [3.8, 4) is 0 Å². The van der Waals surface area contributed by atoms with Gasteiger partial charge in [-0.05, 0) is 52.9 Å². The molecule has 0 saturated heterocycles. The molecule has 0 atom stereocenters. The summed E-state index contributed by atoms with van der Waals surface area (Å²) in [4.78, 5) is 33.6. The number of anilines is 1.